The molecule has 1 heterocycles. The number of amides is 3. The molecule has 0 aromatic carbocycles. The van der Waals surface area contributed by atoms with Crippen molar-refractivity contribution in [2.45, 2.75) is 50.7 Å². The summed E-state index contributed by atoms with van der Waals surface area (Å²) in [5.74, 6) is -1.21. The lowest BCUT2D eigenvalue weighted by molar-refractivity contribution is -0.173. The fraction of sp³-hybridized carbons (Fsp3) is 0.769. The van der Waals surface area contributed by atoms with Crippen molar-refractivity contribution in [2.75, 3.05) is 6.54 Å². The SMILES string of the molecule is NC(=O)CCC(C(N)=O)N1CC2(CCC(O)CC2)C1=O.S. The van der Waals surface area contributed by atoms with E-state index in [1.165, 1.54) is 4.90 Å². The van der Waals surface area contributed by atoms with E-state index in [2.05, 4.69) is 0 Å². The van der Waals surface area contributed by atoms with E-state index in [1.807, 2.05) is 0 Å². The molecule has 1 spiro atoms. The molecule has 2 fully saturated rings. The van der Waals surface area contributed by atoms with Crippen molar-refractivity contribution in [1.82, 2.24) is 4.90 Å². The van der Waals surface area contributed by atoms with Crippen LogP contribution in [0.5, 0.6) is 0 Å². The number of rotatable bonds is 5. The van der Waals surface area contributed by atoms with Crippen LogP contribution in [-0.2, 0) is 14.4 Å². The molecule has 21 heavy (non-hydrogen) atoms. The topological polar surface area (TPSA) is 127 Å². The highest BCUT2D eigenvalue weighted by Crippen LogP contribution is 2.46. The monoisotopic (exact) mass is 317 g/mol. The van der Waals surface area contributed by atoms with Gasteiger partial charge in [-0.15, -0.1) is 0 Å². The first-order valence-corrected chi connectivity index (χ1v) is 6.92. The van der Waals surface area contributed by atoms with Gasteiger partial charge in [-0.2, -0.15) is 13.5 Å². The quantitative estimate of drug-likeness (QED) is 0.561. The van der Waals surface area contributed by atoms with Crippen molar-refractivity contribution >= 4 is 31.2 Å². The van der Waals surface area contributed by atoms with Crippen LogP contribution >= 0.6 is 13.5 Å². The molecule has 0 aromatic rings. The van der Waals surface area contributed by atoms with Crippen LogP contribution in [0, 0.1) is 5.41 Å². The summed E-state index contributed by atoms with van der Waals surface area (Å²) in [5, 5.41) is 9.51. The zero-order chi connectivity index (χ0) is 14.9. The summed E-state index contributed by atoms with van der Waals surface area (Å²) in [4.78, 5) is 36.1. The highest BCUT2D eigenvalue weighted by atomic mass is 32.1. The van der Waals surface area contributed by atoms with Crippen LogP contribution in [-0.4, -0.2) is 46.4 Å². The number of β-lactam (4-membered cyclic amide) rings is 1. The summed E-state index contributed by atoms with van der Waals surface area (Å²) in [6.45, 7) is 0.477. The molecule has 3 amide bonds. The van der Waals surface area contributed by atoms with Crippen LogP contribution in [0.3, 0.4) is 0 Å². The average Bonchev–Trinajstić information content (AvgIpc) is 2.39. The maximum atomic E-state index is 12.4. The van der Waals surface area contributed by atoms with E-state index in [0.717, 1.165) is 0 Å². The van der Waals surface area contributed by atoms with Gasteiger partial charge in [-0.25, -0.2) is 0 Å². The highest BCUT2D eigenvalue weighted by molar-refractivity contribution is 7.59. The number of carbonyl (C=O) groups is 3. The van der Waals surface area contributed by atoms with E-state index >= 15 is 0 Å². The Hall–Kier alpha value is -1.28. The van der Waals surface area contributed by atoms with Crippen LogP contribution in [0.1, 0.15) is 38.5 Å². The Labute approximate surface area is 130 Å². The van der Waals surface area contributed by atoms with Gasteiger partial charge >= 0.3 is 0 Å². The number of nitrogens with two attached hydrogens (primary N) is 2. The molecule has 1 aliphatic carbocycles. The number of aliphatic hydroxyl groups excluding tert-OH is 1. The minimum Gasteiger partial charge on any atom is -0.393 e. The molecule has 1 unspecified atom stereocenters. The summed E-state index contributed by atoms with van der Waals surface area (Å²) in [7, 11) is 0. The Bertz CT molecular complexity index is 435. The van der Waals surface area contributed by atoms with Gasteiger partial charge in [0.15, 0.2) is 0 Å². The largest absolute Gasteiger partial charge is 0.393 e. The van der Waals surface area contributed by atoms with Crippen molar-refractivity contribution < 1.29 is 19.5 Å². The van der Waals surface area contributed by atoms with Gasteiger partial charge in [-0.05, 0) is 32.1 Å². The normalized spacial score (nSPS) is 29.5. The molecule has 0 bridgehead atoms. The van der Waals surface area contributed by atoms with Crippen molar-refractivity contribution in [3.8, 4) is 0 Å². The molecular formula is C13H23N3O4S. The lowest BCUT2D eigenvalue weighted by atomic mass is 9.66. The van der Waals surface area contributed by atoms with E-state index in [1.54, 1.807) is 0 Å². The van der Waals surface area contributed by atoms with Gasteiger partial charge in [0, 0.05) is 13.0 Å². The molecular weight excluding hydrogens is 294 g/mol. The van der Waals surface area contributed by atoms with Crippen LogP contribution in [0.25, 0.3) is 0 Å². The zero-order valence-electron chi connectivity index (χ0n) is 11.9. The number of hydrogen-bond donors (Lipinski definition) is 3. The van der Waals surface area contributed by atoms with E-state index in [9.17, 15) is 19.5 Å². The molecule has 0 aromatic heterocycles. The van der Waals surface area contributed by atoms with Gasteiger partial charge in [-0.3, -0.25) is 14.4 Å². The van der Waals surface area contributed by atoms with Crippen molar-refractivity contribution in [1.29, 1.82) is 0 Å². The predicted molar refractivity (Wildman–Crippen MR) is 80.4 cm³/mol. The first-order valence-electron chi connectivity index (χ1n) is 6.92. The zero-order valence-corrected chi connectivity index (χ0v) is 12.9. The van der Waals surface area contributed by atoms with Gasteiger partial charge in [0.2, 0.25) is 17.7 Å². The molecule has 120 valence electrons. The fourth-order valence-corrected chi connectivity index (χ4v) is 3.19. The average molecular weight is 317 g/mol. The summed E-state index contributed by atoms with van der Waals surface area (Å²) in [6.07, 6.45) is 2.39. The van der Waals surface area contributed by atoms with Crippen molar-refractivity contribution in [3.63, 3.8) is 0 Å². The fourth-order valence-electron chi connectivity index (χ4n) is 3.19. The first kappa shape index (κ1) is 17.8. The molecule has 0 radical (unpaired) electrons. The maximum absolute atomic E-state index is 12.4. The maximum Gasteiger partial charge on any atom is 0.240 e. The third kappa shape index (κ3) is 3.49. The first-order chi connectivity index (χ1) is 9.35. The predicted octanol–water partition coefficient (Wildman–Crippen LogP) is -1.02. The second-order valence-electron chi connectivity index (χ2n) is 5.87. The lowest BCUT2D eigenvalue weighted by Crippen LogP contribution is -2.67. The van der Waals surface area contributed by atoms with Crippen LogP contribution in [0.2, 0.25) is 0 Å². The van der Waals surface area contributed by atoms with E-state index < -0.39 is 23.3 Å². The van der Waals surface area contributed by atoms with Gasteiger partial charge < -0.3 is 21.5 Å². The van der Waals surface area contributed by atoms with Crippen LogP contribution in [0.15, 0.2) is 0 Å². The molecule has 2 rings (SSSR count). The second-order valence-corrected chi connectivity index (χ2v) is 5.87. The summed E-state index contributed by atoms with van der Waals surface area (Å²) >= 11 is 0. The van der Waals surface area contributed by atoms with E-state index in [0.29, 0.717) is 32.2 Å². The van der Waals surface area contributed by atoms with E-state index in [-0.39, 0.29) is 38.3 Å². The lowest BCUT2D eigenvalue weighted by Gasteiger charge is -2.53. The minimum atomic E-state index is -0.757. The number of likely N-dealkylation sites (tertiary alicyclic amines) is 1. The molecule has 2 aliphatic rings. The van der Waals surface area contributed by atoms with Crippen LogP contribution < -0.4 is 11.5 Å². The number of aliphatic hydroxyl groups is 1. The number of hydrogen-bond acceptors (Lipinski definition) is 4. The third-order valence-corrected chi connectivity index (χ3v) is 4.47. The molecule has 8 heteroatoms. The Morgan fingerprint density at radius 3 is 2.33 bits per heavy atom. The summed E-state index contributed by atoms with van der Waals surface area (Å²) in [5.41, 5.74) is 9.94. The molecule has 1 saturated carbocycles. The van der Waals surface area contributed by atoms with Crippen LogP contribution in [0.4, 0.5) is 0 Å². The Kier molecular flexibility index (Phi) is 5.63. The Morgan fingerprint density at radius 1 is 1.33 bits per heavy atom. The Morgan fingerprint density at radius 2 is 1.90 bits per heavy atom. The highest BCUT2D eigenvalue weighted by Gasteiger charge is 2.55. The summed E-state index contributed by atoms with van der Waals surface area (Å²) in [6, 6.07) is -0.757. The molecule has 7 nitrogen and oxygen atoms in total. The number of primary amides is 2. The second kappa shape index (κ2) is 6.65. The van der Waals surface area contributed by atoms with Gasteiger partial charge in [-0.1, -0.05) is 0 Å². The van der Waals surface area contributed by atoms with Gasteiger partial charge in [0.25, 0.3) is 0 Å². The van der Waals surface area contributed by atoms with Gasteiger partial charge in [0.1, 0.15) is 6.04 Å². The molecule has 5 N–H and O–H groups in total. The number of carbonyl (C=O) groups excluding carboxylic acids is 3. The minimum absolute atomic E-state index is 0. The Balaban J connectivity index is 0.00000220. The third-order valence-electron chi connectivity index (χ3n) is 4.47. The molecule has 1 atom stereocenters. The van der Waals surface area contributed by atoms with Crippen molar-refractivity contribution in [3.05, 3.63) is 0 Å². The molecule has 1 aliphatic heterocycles. The smallest absolute Gasteiger partial charge is 0.240 e. The van der Waals surface area contributed by atoms with Gasteiger partial charge in [0.05, 0.1) is 11.5 Å². The standard InChI is InChI=1S/C13H21N3O4.H2S/c14-10(18)2-1-9(11(15)19)16-7-13(12(16)20)5-3-8(17)4-6-13;/h8-9,17H,1-7H2,(H2,14,18)(H2,15,19);1H2. The number of nitrogens with zero attached hydrogens (tertiary/aromatic N) is 1. The molecule has 1 saturated heterocycles. The van der Waals surface area contributed by atoms with Crippen molar-refractivity contribution in [2.24, 2.45) is 16.9 Å². The van der Waals surface area contributed by atoms with E-state index in [4.69, 9.17) is 11.5 Å². The summed E-state index contributed by atoms with van der Waals surface area (Å²) < 4.78 is 0.